The molecule has 2 aliphatic carbocycles. The first-order valence-electron chi connectivity index (χ1n) is 6.58. The van der Waals surface area contributed by atoms with Gasteiger partial charge >= 0.3 is 0 Å². The average molecular weight is 260 g/mol. The summed E-state index contributed by atoms with van der Waals surface area (Å²) in [5.41, 5.74) is 5.53. The van der Waals surface area contributed by atoms with Crippen LogP contribution in [0.25, 0.3) is 11.2 Å². The number of hydrogen-bond acceptors (Lipinski definition) is 2. The van der Waals surface area contributed by atoms with Crippen LogP contribution in [0, 0.1) is 0 Å². The van der Waals surface area contributed by atoms with Crippen LogP contribution in [0.4, 0.5) is 0 Å². The molecule has 0 bridgehead atoms. The lowest BCUT2D eigenvalue weighted by molar-refractivity contribution is -0.0979. The van der Waals surface area contributed by atoms with Crippen LogP contribution >= 0.6 is 0 Å². The van der Waals surface area contributed by atoms with Gasteiger partial charge in [0.2, 0.25) is 0 Å². The molecule has 0 unspecified atom stereocenters. The molecule has 1 fully saturated rings. The molecule has 19 heavy (non-hydrogen) atoms. The Morgan fingerprint density at radius 2 is 1.95 bits per heavy atom. The number of aromatic amines is 1. The van der Waals surface area contributed by atoms with E-state index in [2.05, 4.69) is 27.0 Å². The number of nitrogens with one attached hydrogen (secondary N) is 1. The van der Waals surface area contributed by atoms with Crippen molar-refractivity contribution in [2.75, 3.05) is 0 Å². The lowest BCUT2D eigenvalue weighted by Crippen LogP contribution is -2.17. The van der Waals surface area contributed by atoms with Gasteiger partial charge in [-0.3, -0.25) is 9.78 Å². The minimum Gasteiger partial charge on any atom is -0.307 e. The summed E-state index contributed by atoms with van der Waals surface area (Å²) in [5.74, 6) is 0. The molecule has 0 atom stereocenters. The molecule has 0 spiro atoms. The van der Waals surface area contributed by atoms with Crippen molar-refractivity contribution < 1.29 is 6.22 Å². The van der Waals surface area contributed by atoms with Crippen LogP contribution < -0.4 is 0 Å². The summed E-state index contributed by atoms with van der Waals surface area (Å²) in [6.07, 6.45) is 11.5. The average Bonchev–Trinajstić information content (AvgIpc) is 2.93. The number of fused-ring (bicyclic) bond motifs is 2. The molecule has 5 nitrogen and oxygen atoms in total. The fraction of sp³-hybridized carbons (Fsp3) is 0.429. The van der Waals surface area contributed by atoms with Crippen molar-refractivity contribution in [3.63, 3.8) is 0 Å². The van der Waals surface area contributed by atoms with Crippen molar-refractivity contribution in [2.24, 2.45) is 7.05 Å². The highest BCUT2D eigenvalue weighted by Gasteiger charge is 2.29. The van der Waals surface area contributed by atoms with Gasteiger partial charge in [-0.05, 0) is 36.8 Å². The van der Waals surface area contributed by atoms with E-state index >= 15 is 0 Å². The molecule has 0 aromatic carbocycles. The molecule has 2 heterocycles. The lowest BCUT2D eigenvalue weighted by Gasteiger charge is -2.20. The third-order valence-electron chi connectivity index (χ3n) is 4.01. The van der Waals surface area contributed by atoms with Gasteiger partial charge in [0.1, 0.15) is 12.3 Å². The summed E-state index contributed by atoms with van der Waals surface area (Å²) in [5, 5.41) is 7.67. The molecule has 2 aromatic heterocycles. The van der Waals surface area contributed by atoms with Crippen LogP contribution in [0.15, 0.2) is 29.5 Å². The van der Waals surface area contributed by atoms with E-state index in [1.165, 1.54) is 31.3 Å². The fourth-order valence-electron chi connectivity index (χ4n) is 3.16. The molecule has 0 amide bonds. The Morgan fingerprint density at radius 1 is 1.32 bits per heavy atom. The van der Waals surface area contributed by atoms with Crippen molar-refractivity contribution in [3.05, 3.63) is 29.5 Å². The van der Waals surface area contributed by atoms with Gasteiger partial charge in [-0.2, -0.15) is 5.10 Å². The Balaban J connectivity index is 0.000000471. The van der Waals surface area contributed by atoms with Crippen LogP contribution in [0.3, 0.4) is 0 Å². The van der Waals surface area contributed by atoms with E-state index in [0.717, 1.165) is 5.52 Å². The van der Waals surface area contributed by atoms with Gasteiger partial charge < -0.3 is 4.79 Å². The molecular weight excluding hydrogens is 240 g/mol. The minimum absolute atomic E-state index is 0. The van der Waals surface area contributed by atoms with Crippen molar-refractivity contribution in [1.82, 2.24) is 19.6 Å². The van der Waals surface area contributed by atoms with Crippen molar-refractivity contribution in [3.8, 4) is 0 Å². The number of nitrogens with zero attached hydrogens (tertiary/aromatic N) is 3. The van der Waals surface area contributed by atoms with Gasteiger partial charge in [0.15, 0.2) is 5.65 Å². The molecule has 0 radical (unpaired) electrons. The number of carbonyl (C=O) groups excluding carboxylic acids is 1. The summed E-state index contributed by atoms with van der Waals surface area (Å²) < 4.78 is 4.24. The van der Waals surface area contributed by atoms with Crippen LogP contribution in [0.2, 0.25) is 0 Å². The number of carbonyl (C=O) groups is 1. The number of aromatic nitrogens is 4. The van der Waals surface area contributed by atoms with Crippen LogP contribution in [0.5, 0.6) is 0 Å². The number of H-pyrrole nitrogens is 1. The Bertz CT molecular complexity index is 639. The first-order valence-corrected chi connectivity index (χ1v) is 6.58. The highest BCUT2D eigenvalue weighted by Crippen LogP contribution is 2.42. The SMILES string of the molecule is C=O.Cn1ncc2[nH]n(C3CC4=CCCC=C4C3)c21.[HH]. The smallest absolute Gasteiger partial charge is 0.171 e. The second-order valence-corrected chi connectivity index (χ2v) is 5.09. The van der Waals surface area contributed by atoms with Crippen molar-refractivity contribution in [1.29, 1.82) is 0 Å². The van der Waals surface area contributed by atoms with Crippen LogP contribution in [-0.4, -0.2) is 26.4 Å². The van der Waals surface area contributed by atoms with Gasteiger partial charge in [-0.25, -0.2) is 4.68 Å². The highest BCUT2D eigenvalue weighted by atomic mass is 16.1. The monoisotopic (exact) mass is 260 g/mol. The third-order valence-corrected chi connectivity index (χ3v) is 4.01. The van der Waals surface area contributed by atoms with Crippen LogP contribution in [0.1, 0.15) is 33.2 Å². The Labute approximate surface area is 113 Å². The van der Waals surface area contributed by atoms with E-state index in [0.29, 0.717) is 6.04 Å². The Kier molecular flexibility index (Phi) is 2.89. The first-order chi connectivity index (χ1) is 9.33. The minimum atomic E-state index is 0. The fourth-order valence-corrected chi connectivity index (χ4v) is 3.16. The van der Waals surface area contributed by atoms with Gasteiger partial charge in [0.25, 0.3) is 0 Å². The molecule has 1 N–H and O–H groups in total. The normalized spacial score (nSPS) is 18.8. The molecule has 4 rings (SSSR count). The molecular formula is C14H20N4O. The van der Waals surface area contributed by atoms with E-state index in [1.807, 2.05) is 24.7 Å². The van der Waals surface area contributed by atoms with E-state index in [9.17, 15) is 0 Å². The largest absolute Gasteiger partial charge is 0.307 e. The van der Waals surface area contributed by atoms with Crippen LogP contribution in [-0.2, 0) is 11.8 Å². The maximum Gasteiger partial charge on any atom is 0.171 e. The molecule has 0 aliphatic heterocycles. The standard InChI is InChI=1S/C13H16N4.CH2O.H2/c1-16-13-12(8-14-16)15-17(13)11-6-9-4-2-3-5-10(9)7-11;1-2;/h4-5,8,11,15H,2-3,6-7H2,1H3;1H2;1H. The Hall–Kier alpha value is -2.04. The summed E-state index contributed by atoms with van der Waals surface area (Å²) in [6.45, 7) is 2.00. The summed E-state index contributed by atoms with van der Waals surface area (Å²) in [4.78, 5) is 8.00. The Morgan fingerprint density at radius 3 is 2.53 bits per heavy atom. The highest BCUT2D eigenvalue weighted by molar-refractivity contribution is 5.72. The maximum absolute atomic E-state index is 8.00. The zero-order valence-electron chi connectivity index (χ0n) is 11.1. The molecule has 2 aromatic rings. The van der Waals surface area contributed by atoms with Gasteiger partial charge in [0, 0.05) is 8.47 Å². The zero-order valence-corrected chi connectivity index (χ0v) is 11.1. The third kappa shape index (κ3) is 1.77. The van der Waals surface area contributed by atoms with Crippen molar-refractivity contribution in [2.45, 2.75) is 31.7 Å². The molecule has 0 saturated heterocycles. The molecule has 5 heteroatoms. The predicted octanol–water partition coefficient (Wildman–Crippen LogP) is 2.75. The molecule has 2 aliphatic rings. The van der Waals surface area contributed by atoms with E-state index in [-0.39, 0.29) is 1.43 Å². The zero-order chi connectivity index (χ0) is 13.4. The van der Waals surface area contributed by atoms with E-state index in [1.54, 1.807) is 11.1 Å². The summed E-state index contributed by atoms with van der Waals surface area (Å²) in [6, 6.07) is 0.563. The molecule has 1 saturated carbocycles. The first kappa shape index (κ1) is 12.0. The second-order valence-electron chi connectivity index (χ2n) is 5.09. The summed E-state index contributed by atoms with van der Waals surface area (Å²) in [7, 11) is 2.01. The summed E-state index contributed by atoms with van der Waals surface area (Å²) >= 11 is 0. The predicted molar refractivity (Wildman–Crippen MR) is 76.0 cm³/mol. The van der Waals surface area contributed by atoms with Crippen molar-refractivity contribution >= 4 is 18.0 Å². The number of rotatable bonds is 1. The van der Waals surface area contributed by atoms with E-state index in [4.69, 9.17) is 4.79 Å². The number of aryl methyl sites for hydroxylation is 1. The second kappa shape index (κ2) is 4.57. The quantitative estimate of drug-likeness (QED) is 0.857. The van der Waals surface area contributed by atoms with Gasteiger partial charge in [-0.1, -0.05) is 12.2 Å². The maximum atomic E-state index is 8.00. The van der Waals surface area contributed by atoms with Gasteiger partial charge in [0.05, 0.1) is 12.2 Å². The number of allylic oxidation sites excluding steroid dienone is 4. The van der Waals surface area contributed by atoms with E-state index < -0.39 is 0 Å². The van der Waals surface area contributed by atoms with Gasteiger partial charge in [-0.15, -0.1) is 0 Å². The topological polar surface area (TPSA) is 55.6 Å². The number of hydrogen-bond donors (Lipinski definition) is 1. The lowest BCUT2D eigenvalue weighted by atomic mass is 10.0. The molecule has 102 valence electrons.